The van der Waals surface area contributed by atoms with Gasteiger partial charge in [0.1, 0.15) is 10.9 Å². The molecule has 1 atom stereocenters. The van der Waals surface area contributed by atoms with Gasteiger partial charge in [0.05, 0.1) is 5.69 Å². The molecule has 1 aromatic heterocycles. The number of nitrogen functional groups attached to an aromatic ring is 1. The monoisotopic (exact) mass is 315 g/mol. The highest BCUT2D eigenvalue weighted by molar-refractivity contribution is 7.89. The summed E-state index contributed by atoms with van der Waals surface area (Å²) in [6.07, 6.45) is 0.234. The fourth-order valence-electron chi connectivity index (χ4n) is 2.22. The number of likely N-dealkylation sites (N-methyl/N-ethyl adjacent to an activating group) is 1. The predicted octanol–water partition coefficient (Wildman–Crippen LogP) is -1.26. The third kappa shape index (κ3) is 2.63. The molecule has 1 aliphatic heterocycles. The van der Waals surface area contributed by atoms with Crippen molar-refractivity contribution >= 4 is 27.7 Å². The van der Waals surface area contributed by atoms with Crippen molar-refractivity contribution in [2.75, 3.05) is 12.8 Å². The van der Waals surface area contributed by atoms with Gasteiger partial charge in [-0.3, -0.25) is 19.2 Å². The van der Waals surface area contributed by atoms with Crippen LogP contribution in [0.3, 0.4) is 0 Å². The number of aryl methyl sites for hydroxylation is 1. The van der Waals surface area contributed by atoms with Crippen LogP contribution >= 0.6 is 0 Å². The average molecular weight is 315 g/mol. The Labute approximate surface area is 122 Å². The second kappa shape index (κ2) is 5.11. The van der Waals surface area contributed by atoms with Crippen LogP contribution in [-0.4, -0.2) is 48.0 Å². The van der Waals surface area contributed by atoms with Gasteiger partial charge in [0, 0.05) is 20.5 Å². The lowest BCUT2D eigenvalue weighted by Crippen LogP contribution is -2.52. The minimum atomic E-state index is -3.99. The first kappa shape index (κ1) is 15.4. The molecule has 1 saturated heterocycles. The molecule has 0 spiro atoms. The maximum atomic E-state index is 12.4. The lowest BCUT2D eigenvalue weighted by molar-refractivity contribution is -0.147. The number of piperidine rings is 1. The molecule has 9 nitrogen and oxygen atoms in total. The Hall–Kier alpha value is -1.94. The molecule has 21 heavy (non-hydrogen) atoms. The number of aromatic nitrogens is 2. The fourth-order valence-corrected chi connectivity index (χ4v) is 3.77. The predicted molar refractivity (Wildman–Crippen MR) is 73.5 cm³/mol. The van der Waals surface area contributed by atoms with Crippen molar-refractivity contribution in [3.63, 3.8) is 0 Å². The summed E-state index contributed by atoms with van der Waals surface area (Å²) in [5.74, 6) is -1.03. The summed E-state index contributed by atoms with van der Waals surface area (Å²) in [5.41, 5.74) is 5.99. The van der Waals surface area contributed by atoms with Gasteiger partial charge in [-0.2, -0.15) is 9.82 Å². The summed E-state index contributed by atoms with van der Waals surface area (Å²) in [6, 6.07) is -0.975. The summed E-state index contributed by atoms with van der Waals surface area (Å²) in [6.45, 7) is 1.57. The fraction of sp³-hybridized carbons (Fsp3) is 0.545. The summed E-state index contributed by atoms with van der Waals surface area (Å²) in [4.78, 5) is 24.1. The van der Waals surface area contributed by atoms with Crippen molar-refractivity contribution in [3.05, 3.63) is 5.69 Å². The molecule has 0 radical (unpaired) electrons. The number of nitrogens with one attached hydrogen (secondary N) is 1. The van der Waals surface area contributed by atoms with Gasteiger partial charge in [0.25, 0.3) is 0 Å². The topological polar surface area (TPSA) is 127 Å². The number of carbonyl (C=O) groups is 2. The number of hydrogen-bond donors (Lipinski definition) is 2. The molecule has 0 saturated carbocycles. The van der Waals surface area contributed by atoms with E-state index in [2.05, 4.69) is 9.82 Å². The number of nitrogens with two attached hydrogens (primary N) is 1. The number of nitrogens with zero attached hydrogens (tertiary/aromatic N) is 3. The molecule has 0 bridgehead atoms. The number of likely N-dealkylation sites (tertiary alicyclic amines) is 1. The molecule has 1 aromatic rings. The van der Waals surface area contributed by atoms with Gasteiger partial charge in [-0.25, -0.2) is 8.42 Å². The third-order valence-electron chi connectivity index (χ3n) is 3.52. The van der Waals surface area contributed by atoms with Gasteiger partial charge >= 0.3 is 0 Å². The number of carbonyl (C=O) groups excluding carboxylic acids is 2. The highest BCUT2D eigenvalue weighted by Gasteiger charge is 2.36. The summed E-state index contributed by atoms with van der Waals surface area (Å²) in [7, 11) is -1.09. The molecule has 1 unspecified atom stereocenters. The summed E-state index contributed by atoms with van der Waals surface area (Å²) < 4.78 is 28.4. The van der Waals surface area contributed by atoms with Crippen molar-refractivity contribution in [2.24, 2.45) is 7.05 Å². The molecule has 0 aliphatic carbocycles. The van der Waals surface area contributed by atoms with E-state index >= 15 is 0 Å². The molecule has 3 N–H and O–H groups in total. The number of amides is 2. The molecule has 2 rings (SSSR count). The van der Waals surface area contributed by atoms with Crippen LogP contribution in [0.25, 0.3) is 0 Å². The van der Waals surface area contributed by atoms with Crippen LogP contribution in [0.15, 0.2) is 4.90 Å². The van der Waals surface area contributed by atoms with E-state index in [0.717, 1.165) is 4.90 Å². The largest absolute Gasteiger partial charge is 0.381 e. The average Bonchev–Trinajstić information content (AvgIpc) is 2.64. The molecule has 2 heterocycles. The van der Waals surface area contributed by atoms with Gasteiger partial charge in [-0.15, -0.1) is 0 Å². The summed E-state index contributed by atoms with van der Waals surface area (Å²) >= 11 is 0. The Bertz CT molecular complexity index is 708. The third-order valence-corrected chi connectivity index (χ3v) is 5.16. The van der Waals surface area contributed by atoms with E-state index in [1.807, 2.05) is 0 Å². The van der Waals surface area contributed by atoms with Crippen LogP contribution in [0.1, 0.15) is 18.5 Å². The Morgan fingerprint density at radius 1 is 1.33 bits per heavy atom. The number of anilines is 1. The lowest BCUT2D eigenvalue weighted by atomic mass is 10.1. The van der Waals surface area contributed by atoms with Crippen LogP contribution in [0.2, 0.25) is 0 Å². The van der Waals surface area contributed by atoms with Gasteiger partial charge in [-0.1, -0.05) is 0 Å². The number of imide groups is 1. The molecule has 1 fully saturated rings. The standard InChI is InChI=1S/C11H17N5O4S/c1-6-9(10(12)13-16(6)3)21(19,20)14-7-4-5-8(17)15(2)11(7)18/h7,14H,4-5H2,1-3H3,(H2,12,13). The Morgan fingerprint density at radius 2 is 1.95 bits per heavy atom. The number of rotatable bonds is 3. The van der Waals surface area contributed by atoms with E-state index in [-0.39, 0.29) is 29.5 Å². The van der Waals surface area contributed by atoms with Crippen LogP contribution in [0.5, 0.6) is 0 Å². The highest BCUT2D eigenvalue weighted by atomic mass is 32.2. The van der Waals surface area contributed by atoms with Gasteiger partial charge < -0.3 is 5.73 Å². The molecular formula is C11H17N5O4S. The number of sulfonamides is 1. The second-order valence-electron chi connectivity index (χ2n) is 4.93. The molecule has 0 aromatic carbocycles. The zero-order valence-electron chi connectivity index (χ0n) is 12.0. The Kier molecular flexibility index (Phi) is 3.76. The van der Waals surface area contributed by atoms with E-state index < -0.39 is 22.0 Å². The van der Waals surface area contributed by atoms with Crippen LogP contribution in [0.4, 0.5) is 5.82 Å². The first-order chi connectivity index (χ1) is 9.65. The van der Waals surface area contributed by atoms with E-state index in [4.69, 9.17) is 5.73 Å². The van der Waals surface area contributed by atoms with E-state index in [9.17, 15) is 18.0 Å². The normalized spacial score (nSPS) is 20.1. The van der Waals surface area contributed by atoms with Gasteiger partial charge in [0.15, 0.2) is 5.82 Å². The SMILES string of the molecule is Cc1c(S(=O)(=O)NC2CCC(=O)N(C)C2=O)c(N)nn1C. The van der Waals surface area contributed by atoms with E-state index in [1.165, 1.54) is 11.7 Å². The van der Waals surface area contributed by atoms with Crippen molar-refractivity contribution in [2.45, 2.75) is 30.7 Å². The second-order valence-corrected chi connectivity index (χ2v) is 6.58. The first-order valence-corrected chi connectivity index (χ1v) is 7.75. The minimum absolute atomic E-state index is 0.108. The lowest BCUT2D eigenvalue weighted by Gasteiger charge is -2.27. The quantitative estimate of drug-likeness (QED) is 0.670. The van der Waals surface area contributed by atoms with Crippen molar-refractivity contribution < 1.29 is 18.0 Å². The van der Waals surface area contributed by atoms with Crippen LogP contribution < -0.4 is 10.5 Å². The van der Waals surface area contributed by atoms with Crippen molar-refractivity contribution in [1.82, 2.24) is 19.4 Å². The van der Waals surface area contributed by atoms with E-state index in [1.54, 1.807) is 14.0 Å². The van der Waals surface area contributed by atoms with Crippen molar-refractivity contribution in [3.8, 4) is 0 Å². The zero-order valence-corrected chi connectivity index (χ0v) is 12.8. The van der Waals surface area contributed by atoms with E-state index in [0.29, 0.717) is 5.69 Å². The van der Waals surface area contributed by atoms with Crippen molar-refractivity contribution in [1.29, 1.82) is 0 Å². The molecule has 116 valence electrons. The van der Waals surface area contributed by atoms with Gasteiger partial charge in [-0.05, 0) is 13.3 Å². The molecule has 10 heteroatoms. The molecular weight excluding hydrogens is 298 g/mol. The van der Waals surface area contributed by atoms with Crippen LogP contribution in [-0.2, 0) is 26.7 Å². The first-order valence-electron chi connectivity index (χ1n) is 6.27. The maximum Gasteiger partial charge on any atom is 0.247 e. The zero-order chi connectivity index (χ0) is 15.9. The smallest absolute Gasteiger partial charge is 0.247 e. The summed E-state index contributed by atoms with van der Waals surface area (Å²) in [5, 5.41) is 3.84. The molecule has 2 amide bonds. The highest BCUT2D eigenvalue weighted by Crippen LogP contribution is 2.22. The maximum absolute atomic E-state index is 12.4. The Balaban J connectivity index is 2.30. The Morgan fingerprint density at radius 3 is 2.48 bits per heavy atom. The minimum Gasteiger partial charge on any atom is -0.381 e. The number of hydrogen-bond acceptors (Lipinski definition) is 6. The molecule has 1 aliphatic rings. The van der Waals surface area contributed by atoms with Crippen LogP contribution in [0, 0.1) is 6.92 Å². The van der Waals surface area contributed by atoms with Gasteiger partial charge in [0.2, 0.25) is 21.8 Å².